The number of rotatable bonds is 5. The minimum absolute atomic E-state index is 0.0128. The highest BCUT2D eigenvalue weighted by atomic mass is 19.1. The fourth-order valence-electron chi connectivity index (χ4n) is 1.89. The van der Waals surface area contributed by atoms with E-state index in [4.69, 9.17) is 4.74 Å². The molecule has 90 valence electrons. The third-order valence-corrected chi connectivity index (χ3v) is 2.63. The number of ether oxygens (including phenoxy) is 1. The summed E-state index contributed by atoms with van der Waals surface area (Å²) in [6.07, 6.45) is 0. The van der Waals surface area contributed by atoms with Crippen LogP contribution in [0.2, 0.25) is 0 Å². The van der Waals surface area contributed by atoms with Crippen LogP contribution in [0.4, 0.5) is 4.39 Å². The van der Waals surface area contributed by atoms with E-state index in [2.05, 4.69) is 19.2 Å². The molecule has 0 saturated heterocycles. The van der Waals surface area contributed by atoms with E-state index in [9.17, 15) is 4.39 Å². The number of methoxy groups -OCH3 is 1. The normalized spacial score (nSPS) is 12.9. The van der Waals surface area contributed by atoms with E-state index in [-0.39, 0.29) is 11.9 Å². The first kappa shape index (κ1) is 13.0. The predicted octanol–water partition coefficient (Wildman–Crippen LogP) is 3.14. The lowest BCUT2D eigenvalue weighted by Crippen LogP contribution is -2.26. The molecule has 1 aromatic carbocycles. The van der Waals surface area contributed by atoms with Crippen molar-refractivity contribution in [2.45, 2.75) is 26.8 Å². The minimum atomic E-state index is -0.209. The van der Waals surface area contributed by atoms with Gasteiger partial charge in [0.25, 0.3) is 0 Å². The number of nitrogens with one attached hydrogen (secondary N) is 1. The third kappa shape index (κ3) is 2.73. The molecule has 1 atom stereocenters. The van der Waals surface area contributed by atoms with Crippen molar-refractivity contribution in [2.24, 2.45) is 5.92 Å². The number of benzene rings is 1. The summed E-state index contributed by atoms with van der Waals surface area (Å²) in [4.78, 5) is 0. The fourth-order valence-corrected chi connectivity index (χ4v) is 1.89. The molecule has 16 heavy (non-hydrogen) atoms. The van der Waals surface area contributed by atoms with Crippen LogP contribution in [0.25, 0.3) is 0 Å². The molecule has 0 bridgehead atoms. The first-order valence-corrected chi connectivity index (χ1v) is 5.67. The molecule has 0 aliphatic heterocycles. The number of hydrogen-bond acceptors (Lipinski definition) is 2. The van der Waals surface area contributed by atoms with Crippen LogP contribution in [0.15, 0.2) is 18.2 Å². The second-order valence-corrected chi connectivity index (χ2v) is 4.14. The summed E-state index contributed by atoms with van der Waals surface area (Å²) in [6.45, 7) is 6.96. The molecule has 0 aromatic heterocycles. The van der Waals surface area contributed by atoms with Crippen molar-refractivity contribution in [3.63, 3.8) is 0 Å². The fraction of sp³-hybridized carbons (Fsp3) is 0.538. The average Bonchev–Trinajstić information content (AvgIpc) is 2.26. The second-order valence-electron chi connectivity index (χ2n) is 4.14. The summed E-state index contributed by atoms with van der Waals surface area (Å²) in [5.74, 6) is 0.712. The first-order chi connectivity index (χ1) is 7.61. The molecule has 0 aliphatic carbocycles. The Bertz CT molecular complexity index is 339. The van der Waals surface area contributed by atoms with Gasteiger partial charge in [-0.3, -0.25) is 0 Å². The number of halogens is 1. The molecule has 0 heterocycles. The van der Waals surface area contributed by atoms with E-state index in [1.165, 1.54) is 6.07 Å². The Kier molecular flexibility index (Phi) is 4.74. The zero-order valence-electron chi connectivity index (χ0n) is 10.4. The lowest BCUT2D eigenvalue weighted by Gasteiger charge is -2.24. The van der Waals surface area contributed by atoms with Crippen LogP contribution in [-0.4, -0.2) is 13.7 Å². The molecule has 1 rings (SSSR count). The van der Waals surface area contributed by atoms with Crippen LogP contribution in [-0.2, 0) is 0 Å². The highest BCUT2D eigenvalue weighted by Crippen LogP contribution is 2.32. The molecule has 0 amide bonds. The van der Waals surface area contributed by atoms with Crippen molar-refractivity contribution in [1.82, 2.24) is 5.32 Å². The molecule has 0 aliphatic rings. The molecule has 2 nitrogen and oxygen atoms in total. The molecular formula is C13H20FNO. The summed E-state index contributed by atoms with van der Waals surface area (Å²) < 4.78 is 19.1. The van der Waals surface area contributed by atoms with Crippen molar-refractivity contribution in [3.05, 3.63) is 29.6 Å². The van der Waals surface area contributed by atoms with Crippen molar-refractivity contribution in [3.8, 4) is 5.75 Å². The quantitative estimate of drug-likeness (QED) is 0.831. The van der Waals surface area contributed by atoms with Crippen molar-refractivity contribution in [1.29, 1.82) is 0 Å². The smallest absolute Gasteiger partial charge is 0.131 e. The van der Waals surface area contributed by atoms with Gasteiger partial charge in [0.2, 0.25) is 0 Å². The molecule has 1 aromatic rings. The maximum absolute atomic E-state index is 13.9. The molecule has 0 fully saturated rings. The SMILES string of the molecule is CCNC(c1c(F)cccc1OC)C(C)C. The van der Waals surface area contributed by atoms with Gasteiger partial charge in [-0.1, -0.05) is 26.8 Å². The zero-order chi connectivity index (χ0) is 12.1. The van der Waals surface area contributed by atoms with Gasteiger partial charge in [-0.2, -0.15) is 0 Å². The maximum atomic E-state index is 13.9. The van der Waals surface area contributed by atoms with E-state index in [1.54, 1.807) is 19.2 Å². The Labute approximate surface area is 96.8 Å². The van der Waals surface area contributed by atoms with Crippen LogP contribution in [0, 0.1) is 11.7 Å². The predicted molar refractivity (Wildman–Crippen MR) is 64.2 cm³/mol. The van der Waals surface area contributed by atoms with Crippen molar-refractivity contribution < 1.29 is 9.13 Å². The van der Waals surface area contributed by atoms with Crippen LogP contribution in [0.1, 0.15) is 32.4 Å². The van der Waals surface area contributed by atoms with Crippen LogP contribution in [0.3, 0.4) is 0 Å². The highest BCUT2D eigenvalue weighted by Gasteiger charge is 2.22. The van der Waals surface area contributed by atoms with Crippen LogP contribution < -0.4 is 10.1 Å². The molecular weight excluding hydrogens is 205 g/mol. The Hall–Kier alpha value is -1.09. The summed E-state index contributed by atoms with van der Waals surface area (Å²) >= 11 is 0. The van der Waals surface area contributed by atoms with E-state index in [0.29, 0.717) is 17.2 Å². The minimum Gasteiger partial charge on any atom is -0.496 e. The van der Waals surface area contributed by atoms with Gasteiger partial charge in [0.1, 0.15) is 11.6 Å². The van der Waals surface area contributed by atoms with E-state index >= 15 is 0 Å². The monoisotopic (exact) mass is 225 g/mol. The van der Waals surface area contributed by atoms with Gasteiger partial charge in [0, 0.05) is 11.6 Å². The van der Waals surface area contributed by atoms with Gasteiger partial charge >= 0.3 is 0 Å². The molecule has 0 spiro atoms. The van der Waals surface area contributed by atoms with Crippen molar-refractivity contribution >= 4 is 0 Å². The zero-order valence-corrected chi connectivity index (χ0v) is 10.4. The topological polar surface area (TPSA) is 21.3 Å². The molecule has 0 saturated carbocycles. The number of hydrogen-bond donors (Lipinski definition) is 1. The Morgan fingerprint density at radius 2 is 2.06 bits per heavy atom. The summed E-state index contributed by atoms with van der Waals surface area (Å²) in [6, 6.07) is 4.93. The van der Waals surface area contributed by atoms with Gasteiger partial charge in [0.15, 0.2) is 0 Å². The Morgan fingerprint density at radius 1 is 1.38 bits per heavy atom. The first-order valence-electron chi connectivity index (χ1n) is 5.67. The summed E-state index contributed by atoms with van der Waals surface area (Å²) in [7, 11) is 1.57. The second kappa shape index (κ2) is 5.85. The van der Waals surface area contributed by atoms with Gasteiger partial charge in [-0.25, -0.2) is 4.39 Å². The molecule has 1 unspecified atom stereocenters. The van der Waals surface area contributed by atoms with Crippen molar-refractivity contribution in [2.75, 3.05) is 13.7 Å². The average molecular weight is 225 g/mol. The molecule has 3 heteroatoms. The van der Waals surface area contributed by atoms with Gasteiger partial charge in [-0.05, 0) is 24.6 Å². The van der Waals surface area contributed by atoms with E-state index in [1.807, 2.05) is 6.92 Å². The Balaban J connectivity index is 3.16. The molecule has 0 radical (unpaired) electrons. The highest BCUT2D eigenvalue weighted by molar-refractivity contribution is 5.37. The van der Waals surface area contributed by atoms with Crippen LogP contribution >= 0.6 is 0 Å². The standard InChI is InChI=1S/C13H20FNO/c1-5-15-13(9(2)3)12-10(14)7-6-8-11(12)16-4/h6-9,13,15H,5H2,1-4H3. The third-order valence-electron chi connectivity index (χ3n) is 2.63. The molecule has 1 N–H and O–H groups in total. The van der Waals surface area contributed by atoms with Gasteiger partial charge in [0.05, 0.1) is 7.11 Å². The Morgan fingerprint density at radius 3 is 2.56 bits per heavy atom. The maximum Gasteiger partial charge on any atom is 0.131 e. The summed E-state index contributed by atoms with van der Waals surface area (Å²) in [5.41, 5.74) is 0.627. The van der Waals surface area contributed by atoms with Crippen LogP contribution in [0.5, 0.6) is 5.75 Å². The van der Waals surface area contributed by atoms with E-state index < -0.39 is 0 Å². The lowest BCUT2D eigenvalue weighted by atomic mass is 9.94. The van der Waals surface area contributed by atoms with Gasteiger partial charge < -0.3 is 10.1 Å². The van der Waals surface area contributed by atoms with Gasteiger partial charge in [-0.15, -0.1) is 0 Å². The largest absolute Gasteiger partial charge is 0.496 e. The summed E-state index contributed by atoms with van der Waals surface area (Å²) in [5, 5.41) is 3.29. The lowest BCUT2D eigenvalue weighted by molar-refractivity contribution is 0.361. The van der Waals surface area contributed by atoms with E-state index in [0.717, 1.165) is 6.54 Å².